The van der Waals surface area contributed by atoms with Crippen LogP contribution in [0.4, 0.5) is 16.0 Å². The highest BCUT2D eigenvalue weighted by molar-refractivity contribution is 6.22. The zero-order chi connectivity index (χ0) is 18.1. The van der Waals surface area contributed by atoms with Crippen LogP contribution < -0.4 is 9.80 Å². The molecule has 0 saturated carbocycles. The number of rotatable bonds is 3. The average Bonchev–Trinajstić information content (AvgIpc) is 2.97. The minimum atomic E-state index is -0.569. The molecule has 4 rings (SSSR count). The summed E-state index contributed by atoms with van der Waals surface area (Å²) in [7, 11) is 0. The molecule has 7 nitrogen and oxygen atoms in total. The summed E-state index contributed by atoms with van der Waals surface area (Å²) >= 11 is 0. The van der Waals surface area contributed by atoms with Gasteiger partial charge in [-0.25, -0.2) is 19.3 Å². The standard InChI is InChI=1S/C18H18FN5O2/c19-13-4-1-2-5-14(13)24-16(25)12-15(17(24)26)22-8-10-23(11-9-22)18-20-6-3-7-21-18/h1-7,15H,8-12H2/t15-/m1/s1. The van der Waals surface area contributed by atoms with Gasteiger partial charge in [-0.2, -0.15) is 0 Å². The van der Waals surface area contributed by atoms with Gasteiger partial charge in [-0.15, -0.1) is 0 Å². The summed E-state index contributed by atoms with van der Waals surface area (Å²) in [4.78, 5) is 38.6. The van der Waals surface area contributed by atoms with Gasteiger partial charge in [-0.1, -0.05) is 12.1 Å². The maximum atomic E-state index is 14.0. The van der Waals surface area contributed by atoms with Crippen molar-refractivity contribution in [2.45, 2.75) is 12.5 Å². The fourth-order valence-corrected chi connectivity index (χ4v) is 3.48. The average molecular weight is 355 g/mol. The fourth-order valence-electron chi connectivity index (χ4n) is 3.48. The molecule has 0 N–H and O–H groups in total. The number of benzene rings is 1. The lowest BCUT2D eigenvalue weighted by molar-refractivity contribution is -0.123. The summed E-state index contributed by atoms with van der Waals surface area (Å²) in [6.07, 6.45) is 3.47. The van der Waals surface area contributed by atoms with E-state index >= 15 is 0 Å². The molecule has 1 atom stereocenters. The largest absolute Gasteiger partial charge is 0.338 e. The van der Waals surface area contributed by atoms with Gasteiger partial charge in [0.05, 0.1) is 18.2 Å². The van der Waals surface area contributed by atoms with Crippen molar-refractivity contribution in [3.8, 4) is 0 Å². The van der Waals surface area contributed by atoms with Gasteiger partial charge in [0.1, 0.15) is 5.82 Å². The second-order valence-corrected chi connectivity index (χ2v) is 6.31. The molecule has 1 aromatic heterocycles. The van der Waals surface area contributed by atoms with Crippen LogP contribution in [0.25, 0.3) is 0 Å². The number of nitrogens with zero attached hydrogens (tertiary/aromatic N) is 5. The van der Waals surface area contributed by atoms with E-state index in [1.807, 2.05) is 9.80 Å². The Bertz CT molecular complexity index is 823. The van der Waals surface area contributed by atoms with Crippen LogP contribution >= 0.6 is 0 Å². The normalized spacial score (nSPS) is 21.5. The summed E-state index contributed by atoms with van der Waals surface area (Å²) in [6.45, 7) is 2.57. The molecule has 2 aromatic rings. The molecule has 0 radical (unpaired) electrons. The molecule has 0 spiro atoms. The Hall–Kier alpha value is -2.87. The number of aromatic nitrogens is 2. The molecule has 2 saturated heterocycles. The maximum absolute atomic E-state index is 14.0. The first-order valence-corrected chi connectivity index (χ1v) is 8.52. The predicted molar refractivity (Wildman–Crippen MR) is 93.1 cm³/mol. The highest BCUT2D eigenvalue weighted by Crippen LogP contribution is 2.28. The molecule has 2 amide bonds. The van der Waals surface area contributed by atoms with Gasteiger partial charge < -0.3 is 4.90 Å². The van der Waals surface area contributed by atoms with E-state index in [1.165, 1.54) is 18.2 Å². The summed E-state index contributed by atoms with van der Waals surface area (Å²) in [5, 5.41) is 0. The summed E-state index contributed by atoms with van der Waals surface area (Å²) < 4.78 is 14.0. The molecule has 0 aliphatic carbocycles. The van der Waals surface area contributed by atoms with Gasteiger partial charge in [-0.3, -0.25) is 14.5 Å². The number of para-hydroxylation sites is 1. The number of hydrogen-bond donors (Lipinski definition) is 0. The predicted octanol–water partition coefficient (Wildman–Crippen LogP) is 1.07. The Morgan fingerprint density at radius 2 is 1.65 bits per heavy atom. The first-order valence-electron chi connectivity index (χ1n) is 8.52. The van der Waals surface area contributed by atoms with Crippen molar-refractivity contribution in [2.75, 3.05) is 36.0 Å². The molecular weight excluding hydrogens is 337 g/mol. The lowest BCUT2D eigenvalue weighted by atomic mass is 10.2. The number of carbonyl (C=O) groups excluding carboxylic acids is 2. The van der Waals surface area contributed by atoms with Crippen molar-refractivity contribution < 1.29 is 14.0 Å². The number of piperazine rings is 1. The third kappa shape index (κ3) is 2.92. The molecule has 0 bridgehead atoms. The Morgan fingerprint density at radius 1 is 0.962 bits per heavy atom. The van der Waals surface area contributed by atoms with E-state index in [1.54, 1.807) is 24.5 Å². The molecule has 134 valence electrons. The maximum Gasteiger partial charge on any atom is 0.251 e. The lowest BCUT2D eigenvalue weighted by Crippen LogP contribution is -2.53. The van der Waals surface area contributed by atoms with E-state index in [4.69, 9.17) is 0 Å². The zero-order valence-corrected chi connectivity index (χ0v) is 14.1. The van der Waals surface area contributed by atoms with Crippen molar-refractivity contribution in [3.05, 3.63) is 48.5 Å². The quantitative estimate of drug-likeness (QED) is 0.767. The molecule has 26 heavy (non-hydrogen) atoms. The van der Waals surface area contributed by atoms with E-state index in [-0.39, 0.29) is 23.9 Å². The van der Waals surface area contributed by atoms with Crippen molar-refractivity contribution in [1.82, 2.24) is 14.9 Å². The van der Waals surface area contributed by atoms with Crippen molar-refractivity contribution in [3.63, 3.8) is 0 Å². The number of halogens is 1. The molecule has 3 heterocycles. The Morgan fingerprint density at radius 3 is 2.35 bits per heavy atom. The topological polar surface area (TPSA) is 69.6 Å². The Labute approximate surface area is 150 Å². The van der Waals surface area contributed by atoms with Gasteiger partial charge in [-0.05, 0) is 18.2 Å². The molecule has 2 aliphatic rings. The molecule has 8 heteroatoms. The highest BCUT2D eigenvalue weighted by atomic mass is 19.1. The minimum Gasteiger partial charge on any atom is -0.338 e. The van der Waals surface area contributed by atoms with Gasteiger partial charge in [0.2, 0.25) is 11.9 Å². The van der Waals surface area contributed by atoms with E-state index in [0.29, 0.717) is 32.1 Å². The van der Waals surface area contributed by atoms with Crippen LogP contribution in [-0.4, -0.2) is 58.9 Å². The molecule has 2 aliphatic heterocycles. The van der Waals surface area contributed by atoms with Crippen LogP contribution in [0, 0.1) is 5.82 Å². The Balaban J connectivity index is 1.46. The van der Waals surface area contributed by atoms with Crippen LogP contribution in [0.15, 0.2) is 42.7 Å². The zero-order valence-electron chi connectivity index (χ0n) is 14.1. The fraction of sp³-hybridized carbons (Fsp3) is 0.333. The second-order valence-electron chi connectivity index (χ2n) is 6.31. The second kappa shape index (κ2) is 6.80. The number of imide groups is 1. The van der Waals surface area contributed by atoms with Crippen LogP contribution in [0.1, 0.15) is 6.42 Å². The third-order valence-corrected chi connectivity index (χ3v) is 4.81. The van der Waals surface area contributed by atoms with Crippen molar-refractivity contribution in [2.24, 2.45) is 0 Å². The van der Waals surface area contributed by atoms with Crippen LogP contribution in [0.2, 0.25) is 0 Å². The van der Waals surface area contributed by atoms with Gasteiger partial charge in [0.25, 0.3) is 5.91 Å². The molecule has 0 unspecified atom stereocenters. The van der Waals surface area contributed by atoms with E-state index in [9.17, 15) is 14.0 Å². The SMILES string of the molecule is O=C1C[C@@H](N2CCN(c3ncccn3)CC2)C(=O)N1c1ccccc1F. The smallest absolute Gasteiger partial charge is 0.251 e. The van der Waals surface area contributed by atoms with Crippen molar-refractivity contribution >= 4 is 23.5 Å². The number of anilines is 2. The molecule has 2 fully saturated rings. The van der Waals surface area contributed by atoms with Crippen LogP contribution in [0.5, 0.6) is 0 Å². The first kappa shape index (κ1) is 16.6. The molecular formula is C18H18FN5O2. The summed E-state index contributed by atoms with van der Waals surface area (Å²) in [5.74, 6) is -0.627. The molecule has 1 aromatic carbocycles. The lowest BCUT2D eigenvalue weighted by Gasteiger charge is -2.36. The van der Waals surface area contributed by atoms with Crippen LogP contribution in [0.3, 0.4) is 0 Å². The number of carbonyl (C=O) groups is 2. The monoisotopic (exact) mass is 355 g/mol. The van der Waals surface area contributed by atoms with E-state index in [2.05, 4.69) is 9.97 Å². The summed E-state index contributed by atoms with van der Waals surface area (Å²) in [5.41, 5.74) is 0.0290. The summed E-state index contributed by atoms with van der Waals surface area (Å²) in [6, 6.07) is 7.08. The van der Waals surface area contributed by atoms with Gasteiger partial charge >= 0.3 is 0 Å². The van der Waals surface area contributed by atoms with E-state index in [0.717, 1.165) is 4.90 Å². The number of amides is 2. The first-order chi connectivity index (χ1) is 12.6. The third-order valence-electron chi connectivity index (χ3n) is 4.81. The number of hydrogen-bond acceptors (Lipinski definition) is 6. The van der Waals surface area contributed by atoms with Crippen molar-refractivity contribution in [1.29, 1.82) is 0 Å². The van der Waals surface area contributed by atoms with Crippen LogP contribution in [-0.2, 0) is 9.59 Å². The minimum absolute atomic E-state index is 0.0290. The van der Waals surface area contributed by atoms with E-state index < -0.39 is 11.9 Å². The van der Waals surface area contributed by atoms with Gasteiger partial charge in [0, 0.05) is 38.6 Å². The highest BCUT2D eigenvalue weighted by Gasteiger charge is 2.44. The Kier molecular flexibility index (Phi) is 4.34. The van der Waals surface area contributed by atoms with Gasteiger partial charge in [0.15, 0.2) is 0 Å².